The summed E-state index contributed by atoms with van der Waals surface area (Å²) in [6, 6.07) is 11.1. The monoisotopic (exact) mass is 354 g/mol. The van der Waals surface area contributed by atoms with Gasteiger partial charge in [0.25, 0.3) is 11.8 Å². The Hall–Kier alpha value is -2.73. The molecule has 0 bridgehead atoms. The van der Waals surface area contributed by atoms with Crippen molar-refractivity contribution in [1.82, 2.24) is 20.5 Å². The van der Waals surface area contributed by atoms with Gasteiger partial charge in [-0.05, 0) is 51.7 Å². The van der Waals surface area contributed by atoms with Crippen molar-refractivity contribution in [3.05, 3.63) is 65.0 Å². The average molecular weight is 354 g/mol. The molecular weight excluding hydrogens is 328 g/mol. The summed E-state index contributed by atoms with van der Waals surface area (Å²) in [5, 5.41) is 5.69. The highest BCUT2D eigenvalue weighted by atomic mass is 16.2. The zero-order valence-electron chi connectivity index (χ0n) is 15.6. The second kappa shape index (κ2) is 9.68. The predicted molar refractivity (Wildman–Crippen MR) is 102 cm³/mol. The third-order valence-electron chi connectivity index (χ3n) is 3.90. The van der Waals surface area contributed by atoms with Crippen molar-refractivity contribution in [2.45, 2.75) is 19.9 Å². The van der Waals surface area contributed by atoms with E-state index in [-0.39, 0.29) is 17.5 Å². The Morgan fingerprint density at radius 1 is 1.04 bits per heavy atom. The molecule has 6 heteroatoms. The number of carbonyl (C=O) groups excluding carboxylic acids is 2. The molecule has 6 nitrogen and oxygen atoms in total. The van der Waals surface area contributed by atoms with Gasteiger partial charge in [0.1, 0.15) is 5.69 Å². The third kappa shape index (κ3) is 6.29. The number of aryl methyl sites for hydroxylation is 1. The maximum absolute atomic E-state index is 12.3. The van der Waals surface area contributed by atoms with Crippen molar-refractivity contribution in [3.63, 3.8) is 0 Å². The summed E-state index contributed by atoms with van der Waals surface area (Å²) in [5.41, 5.74) is 2.85. The Morgan fingerprint density at radius 2 is 1.77 bits per heavy atom. The molecule has 138 valence electrons. The van der Waals surface area contributed by atoms with Gasteiger partial charge in [0.05, 0.1) is 0 Å². The minimum absolute atomic E-state index is 0.196. The highest BCUT2D eigenvalue weighted by Crippen LogP contribution is 2.05. The minimum Gasteiger partial charge on any atom is -0.352 e. The second-order valence-corrected chi connectivity index (χ2v) is 6.51. The number of nitrogens with zero attached hydrogens (tertiary/aromatic N) is 2. The van der Waals surface area contributed by atoms with Crippen molar-refractivity contribution in [2.24, 2.45) is 0 Å². The van der Waals surface area contributed by atoms with Crippen LogP contribution in [-0.2, 0) is 6.54 Å². The molecule has 1 aromatic carbocycles. The van der Waals surface area contributed by atoms with Crippen LogP contribution in [0.3, 0.4) is 0 Å². The summed E-state index contributed by atoms with van der Waals surface area (Å²) in [7, 11) is 3.98. The van der Waals surface area contributed by atoms with Crippen LogP contribution in [0.15, 0.2) is 42.6 Å². The molecule has 0 unspecified atom stereocenters. The van der Waals surface area contributed by atoms with E-state index >= 15 is 0 Å². The zero-order valence-corrected chi connectivity index (χ0v) is 15.6. The molecule has 0 spiro atoms. The number of pyridine rings is 1. The fourth-order valence-corrected chi connectivity index (χ4v) is 2.37. The first-order valence-electron chi connectivity index (χ1n) is 8.68. The lowest BCUT2D eigenvalue weighted by Crippen LogP contribution is -2.28. The van der Waals surface area contributed by atoms with Gasteiger partial charge in [-0.2, -0.15) is 0 Å². The van der Waals surface area contributed by atoms with Gasteiger partial charge in [0.2, 0.25) is 0 Å². The van der Waals surface area contributed by atoms with Gasteiger partial charge in [0, 0.05) is 24.8 Å². The highest BCUT2D eigenvalue weighted by Gasteiger charge is 2.11. The number of benzene rings is 1. The van der Waals surface area contributed by atoms with Gasteiger partial charge in [-0.25, -0.2) is 0 Å². The maximum Gasteiger partial charge on any atom is 0.270 e. The first-order chi connectivity index (χ1) is 12.5. The first kappa shape index (κ1) is 19.6. The van der Waals surface area contributed by atoms with Crippen LogP contribution < -0.4 is 10.6 Å². The molecule has 1 aromatic heterocycles. The molecule has 0 radical (unpaired) electrons. The van der Waals surface area contributed by atoms with Crippen LogP contribution in [-0.4, -0.2) is 48.9 Å². The lowest BCUT2D eigenvalue weighted by atomic mass is 10.1. The lowest BCUT2D eigenvalue weighted by Gasteiger charge is -2.10. The molecule has 0 aliphatic heterocycles. The topological polar surface area (TPSA) is 74.3 Å². The molecule has 0 atom stereocenters. The van der Waals surface area contributed by atoms with Gasteiger partial charge in [0.15, 0.2) is 0 Å². The fourth-order valence-electron chi connectivity index (χ4n) is 2.37. The van der Waals surface area contributed by atoms with Crippen LogP contribution in [0.1, 0.15) is 38.4 Å². The maximum atomic E-state index is 12.3. The van der Waals surface area contributed by atoms with Crippen LogP contribution in [0.4, 0.5) is 0 Å². The molecule has 26 heavy (non-hydrogen) atoms. The standard InChI is InChI=1S/C20H26N4O2/c1-15-5-7-16(8-6-15)14-23-20(26)18-13-17(9-11-21-18)19(25)22-10-4-12-24(2)3/h5-9,11,13H,4,10,12,14H2,1-3H3,(H,22,25)(H,23,26). The van der Waals surface area contributed by atoms with E-state index in [9.17, 15) is 9.59 Å². The molecule has 0 aliphatic carbocycles. The average Bonchev–Trinajstić information content (AvgIpc) is 2.64. The normalized spacial score (nSPS) is 10.6. The Labute approximate surface area is 154 Å². The van der Waals surface area contributed by atoms with Gasteiger partial charge in [-0.15, -0.1) is 0 Å². The molecular formula is C20H26N4O2. The number of hydrogen-bond acceptors (Lipinski definition) is 4. The summed E-state index contributed by atoms with van der Waals surface area (Å²) in [5.74, 6) is -0.494. The van der Waals surface area contributed by atoms with Gasteiger partial charge < -0.3 is 15.5 Å². The SMILES string of the molecule is Cc1ccc(CNC(=O)c2cc(C(=O)NCCCN(C)C)ccn2)cc1. The van der Waals surface area contributed by atoms with Gasteiger partial charge >= 0.3 is 0 Å². The number of amides is 2. The van der Waals surface area contributed by atoms with E-state index in [0.717, 1.165) is 18.5 Å². The summed E-state index contributed by atoms with van der Waals surface area (Å²) in [4.78, 5) is 30.6. The summed E-state index contributed by atoms with van der Waals surface area (Å²) < 4.78 is 0. The number of aromatic nitrogens is 1. The summed E-state index contributed by atoms with van der Waals surface area (Å²) >= 11 is 0. The number of hydrogen-bond donors (Lipinski definition) is 2. The van der Waals surface area contributed by atoms with Crippen LogP contribution >= 0.6 is 0 Å². The molecule has 2 aromatic rings. The molecule has 0 saturated carbocycles. The van der Waals surface area contributed by atoms with Crippen molar-refractivity contribution < 1.29 is 9.59 Å². The third-order valence-corrected chi connectivity index (χ3v) is 3.90. The number of carbonyl (C=O) groups is 2. The van der Waals surface area contributed by atoms with Crippen molar-refractivity contribution in [3.8, 4) is 0 Å². The van der Waals surface area contributed by atoms with Gasteiger partial charge in [-0.3, -0.25) is 14.6 Å². The van der Waals surface area contributed by atoms with E-state index in [4.69, 9.17) is 0 Å². The van der Waals surface area contributed by atoms with E-state index in [2.05, 4.69) is 20.5 Å². The van der Waals surface area contributed by atoms with Crippen LogP contribution in [0, 0.1) is 6.92 Å². The lowest BCUT2D eigenvalue weighted by molar-refractivity contribution is 0.0946. The summed E-state index contributed by atoms with van der Waals surface area (Å²) in [6.07, 6.45) is 2.35. The van der Waals surface area contributed by atoms with Crippen molar-refractivity contribution in [1.29, 1.82) is 0 Å². The molecule has 2 rings (SSSR count). The van der Waals surface area contributed by atoms with Crippen molar-refractivity contribution in [2.75, 3.05) is 27.2 Å². The fraction of sp³-hybridized carbons (Fsp3) is 0.350. The van der Waals surface area contributed by atoms with E-state index in [0.29, 0.717) is 18.7 Å². The van der Waals surface area contributed by atoms with Crippen LogP contribution in [0.25, 0.3) is 0 Å². The quantitative estimate of drug-likeness (QED) is 0.711. The van der Waals surface area contributed by atoms with Crippen LogP contribution in [0.2, 0.25) is 0 Å². The minimum atomic E-state index is -0.298. The first-order valence-corrected chi connectivity index (χ1v) is 8.68. The largest absolute Gasteiger partial charge is 0.352 e. The molecule has 1 heterocycles. The molecule has 2 amide bonds. The Balaban J connectivity index is 1.89. The van der Waals surface area contributed by atoms with E-state index in [1.165, 1.54) is 17.8 Å². The number of nitrogens with one attached hydrogen (secondary N) is 2. The molecule has 2 N–H and O–H groups in total. The molecule has 0 saturated heterocycles. The highest BCUT2D eigenvalue weighted by molar-refractivity contribution is 5.98. The van der Waals surface area contributed by atoms with Gasteiger partial charge in [-0.1, -0.05) is 29.8 Å². The Kier molecular flexibility index (Phi) is 7.29. The van der Waals surface area contributed by atoms with E-state index in [1.807, 2.05) is 45.3 Å². The van der Waals surface area contributed by atoms with E-state index < -0.39 is 0 Å². The molecule has 0 aliphatic rings. The van der Waals surface area contributed by atoms with Crippen LogP contribution in [0.5, 0.6) is 0 Å². The molecule has 0 fully saturated rings. The second-order valence-electron chi connectivity index (χ2n) is 6.51. The Bertz CT molecular complexity index is 742. The Morgan fingerprint density at radius 3 is 2.46 bits per heavy atom. The summed E-state index contributed by atoms with van der Waals surface area (Å²) in [6.45, 7) is 3.93. The number of rotatable bonds is 8. The predicted octanol–water partition coefficient (Wildman–Crippen LogP) is 2.00. The zero-order chi connectivity index (χ0) is 18.9. The van der Waals surface area contributed by atoms with E-state index in [1.54, 1.807) is 6.07 Å². The van der Waals surface area contributed by atoms with Crippen molar-refractivity contribution >= 4 is 11.8 Å². The smallest absolute Gasteiger partial charge is 0.270 e.